The molecule has 23 heavy (non-hydrogen) atoms. The van der Waals surface area contributed by atoms with Gasteiger partial charge in [0, 0.05) is 0 Å². The van der Waals surface area contributed by atoms with E-state index in [9.17, 15) is 13.2 Å². The summed E-state index contributed by atoms with van der Waals surface area (Å²) in [7, 11) is -3.94. The molecule has 124 valence electrons. The van der Waals surface area contributed by atoms with Crippen molar-refractivity contribution in [2.75, 3.05) is 0 Å². The Balaban J connectivity index is 2.19. The first-order valence-electron chi connectivity index (χ1n) is 7.29. The summed E-state index contributed by atoms with van der Waals surface area (Å²) < 4.78 is 28.3. The maximum atomic E-state index is 12.3. The Kier molecular flexibility index (Phi) is 5.51. The van der Waals surface area contributed by atoms with E-state index >= 15 is 0 Å². The quantitative estimate of drug-likeness (QED) is 0.765. The Morgan fingerprint density at radius 1 is 1.35 bits per heavy atom. The van der Waals surface area contributed by atoms with Crippen molar-refractivity contribution in [3.05, 3.63) is 42.7 Å². The molecular weight excluding hydrogens is 318 g/mol. The van der Waals surface area contributed by atoms with Crippen molar-refractivity contribution in [1.29, 1.82) is 0 Å². The number of nitrogens with zero attached hydrogens (tertiary/aromatic N) is 2. The Morgan fingerprint density at radius 2 is 2.04 bits per heavy atom. The molecule has 1 aromatic heterocycles. The topological polar surface area (TPSA) is 101 Å². The fourth-order valence-corrected chi connectivity index (χ4v) is 3.22. The highest BCUT2D eigenvalue weighted by atomic mass is 32.2. The van der Waals surface area contributed by atoms with Crippen molar-refractivity contribution in [2.24, 2.45) is 0 Å². The van der Waals surface area contributed by atoms with E-state index < -0.39 is 22.0 Å². The number of sulfonamides is 1. The van der Waals surface area contributed by atoms with Gasteiger partial charge in [0.1, 0.15) is 10.9 Å². The standard InChI is InChI=1S/C15H19N3O4S/c1-2-3-9-14(15(19)20)17-23(21,22)13-10-16-18(11-13)12-7-5-4-6-8-12/h4-8,10-11,14,17H,2-3,9H2,1H3,(H,19,20)/t14-/m0/s1. The van der Waals surface area contributed by atoms with Crippen LogP contribution in [0.5, 0.6) is 0 Å². The van der Waals surface area contributed by atoms with E-state index in [-0.39, 0.29) is 11.3 Å². The first-order valence-corrected chi connectivity index (χ1v) is 8.77. The number of aliphatic carboxylic acids is 1. The molecule has 1 atom stereocenters. The zero-order valence-corrected chi connectivity index (χ0v) is 13.5. The second kappa shape index (κ2) is 7.38. The number of para-hydroxylation sites is 1. The molecule has 0 bridgehead atoms. The predicted octanol–water partition coefficient (Wildman–Crippen LogP) is 1.79. The van der Waals surface area contributed by atoms with Gasteiger partial charge in [-0.05, 0) is 18.6 Å². The van der Waals surface area contributed by atoms with E-state index in [1.165, 1.54) is 17.1 Å². The lowest BCUT2D eigenvalue weighted by Gasteiger charge is -2.13. The molecule has 0 unspecified atom stereocenters. The fraction of sp³-hybridized carbons (Fsp3) is 0.333. The zero-order chi connectivity index (χ0) is 16.9. The Morgan fingerprint density at radius 3 is 2.65 bits per heavy atom. The smallest absolute Gasteiger partial charge is 0.321 e. The van der Waals surface area contributed by atoms with Crippen LogP contribution in [0.4, 0.5) is 0 Å². The second-order valence-corrected chi connectivity index (χ2v) is 6.82. The van der Waals surface area contributed by atoms with Crippen molar-refractivity contribution >= 4 is 16.0 Å². The van der Waals surface area contributed by atoms with E-state index in [4.69, 9.17) is 5.11 Å². The van der Waals surface area contributed by atoms with Crippen LogP contribution < -0.4 is 4.72 Å². The van der Waals surface area contributed by atoms with Crippen molar-refractivity contribution in [3.8, 4) is 5.69 Å². The van der Waals surface area contributed by atoms with Crippen LogP contribution in [0.15, 0.2) is 47.6 Å². The zero-order valence-electron chi connectivity index (χ0n) is 12.7. The molecule has 7 nitrogen and oxygen atoms in total. The lowest BCUT2D eigenvalue weighted by atomic mass is 10.1. The van der Waals surface area contributed by atoms with Crippen molar-refractivity contribution < 1.29 is 18.3 Å². The Bertz CT molecular complexity index is 756. The number of hydrogen-bond acceptors (Lipinski definition) is 4. The molecule has 0 fully saturated rings. The van der Waals surface area contributed by atoms with Gasteiger partial charge in [-0.25, -0.2) is 13.1 Å². The van der Waals surface area contributed by atoms with Crippen LogP contribution in [0.1, 0.15) is 26.2 Å². The molecule has 1 aromatic carbocycles. The summed E-state index contributed by atoms with van der Waals surface area (Å²) in [5, 5.41) is 13.2. The maximum Gasteiger partial charge on any atom is 0.321 e. The van der Waals surface area contributed by atoms with Crippen LogP contribution in [0.25, 0.3) is 5.69 Å². The lowest BCUT2D eigenvalue weighted by Crippen LogP contribution is -2.40. The van der Waals surface area contributed by atoms with E-state index in [2.05, 4.69) is 9.82 Å². The van der Waals surface area contributed by atoms with Crippen LogP contribution in [0.3, 0.4) is 0 Å². The Hall–Kier alpha value is -2.19. The minimum Gasteiger partial charge on any atom is -0.480 e. The molecule has 2 aromatic rings. The minimum atomic E-state index is -3.94. The summed E-state index contributed by atoms with van der Waals surface area (Å²) in [5.74, 6) is -1.18. The van der Waals surface area contributed by atoms with Gasteiger partial charge >= 0.3 is 5.97 Å². The van der Waals surface area contributed by atoms with E-state index in [1.807, 2.05) is 25.1 Å². The number of carboxylic acids is 1. The molecule has 0 aliphatic carbocycles. The summed E-state index contributed by atoms with van der Waals surface area (Å²) in [6, 6.07) is 7.91. The van der Waals surface area contributed by atoms with Gasteiger partial charge in [-0.1, -0.05) is 38.0 Å². The van der Waals surface area contributed by atoms with Gasteiger partial charge in [-0.2, -0.15) is 9.82 Å². The second-order valence-electron chi connectivity index (χ2n) is 5.11. The van der Waals surface area contributed by atoms with Crippen LogP contribution in [-0.4, -0.2) is 35.3 Å². The Labute approximate surface area is 135 Å². The van der Waals surface area contributed by atoms with Gasteiger partial charge in [0.05, 0.1) is 18.1 Å². The molecule has 0 saturated heterocycles. The van der Waals surface area contributed by atoms with E-state index in [1.54, 1.807) is 12.1 Å². The average Bonchev–Trinajstić information content (AvgIpc) is 3.03. The van der Waals surface area contributed by atoms with Gasteiger partial charge in [-0.3, -0.25) is 4.79 Å². The van der Waals surface area contributed by atoms with E-state index in [0.29, 0.717) is 6.42 Å². The molecule has 0 spiro atoms. The van der Waals surface area contributed by atoms with Gasteiger partial charge in [0.2, 0.25) is 10.0 Å². The van der Waals surface area contributed by atoms with Crippen LogP contribution in [0.2, 0.25) is 0 Å². The van der Waals surface area contributed by atoms with Gasteiger partial charge in [0.25, 0.3) is 0 Å². The fourth-order valence-electron chi connectivity index (χ4n) is 2.06. The van der Waals surface area contributed by atoms with Crippen molar-refractivity contribution in [1.82, 2.24) is 14.5 Å². The third-order valence-corrected chi connectivity index (χ3v) is 4.76. The van der Waals surface area contributed by atoms with Gasteiger partial charge in [0.15, 0.2) is 0 Å². The highest BCUT2D eigenvalue weighted by Crippen LogP contribution is 2.13. The van der Waals surface area contributed by atoms with E-state index in [0.717, 1.165) is 12.1 Å². The largest absolute Gasteiger partial charge is 0.480 e. The van der Waals surface area contributed by atoms with Crippen molar-refractivity contribution in [2.45, 2.75) is 37.1 Å². The summed E-state index contributed by atoms with van der Waals surface area (Å²) in [5.41, 5.74) is 0.717. The number of unbranched alkanes of at least 4 members (excludes halogenated alkanes) is 1. The average molecular weight is 337 g/mol. The molecular formula is C15H19N3O4S. The molecule has 0 aliphatic heterocycles. The monoisotopic (exact) mass is 337 g/mol. The molecule has 0 radical (unpaired) electrons. The lowest BCUT2D eigenvalue weighted by molar-refractivity contribution is -0.139. The molecule has 0 saturated carbocycles. The number of rotatable bonds is 8. The SMILES string of the molecule is CCCC[C@H](NS(=O)(=O)c1cnn(-c2ccccc2)c1)C(=O)O. The third-order valence-electron chi connectivity index (χ3n) is 3.33. The third kappa shape index (κ3) is 4.40. The first-order chi connectivity index (χ1) is 10.9. The molecule has 2 N–H and O–H groups in total. The highest BCUT2D eigenvalue weighted by molar-refractivity contribution is 7.89. The number of carbonyl (C=O) groups is 1. The predicted molar refractivity (Wildman–Crippen MR) is 84.8 cm³/mol. The molecule has 0 amide bonds. The number of aromatic nitrogens is 2. The summed E-state index contributed by atoms with van der Waals surface area (Å²) in [6.07, 6.45) is 4.22. The summed E-state index contributed by atoms with van der Waals surface area (Å²) in [4.78, 5) is 11.1. The number of benzene rings is 1. The van der Waals surface area contributed by atoms with Crippen LogP contribution in [0, 0.1) is 0 Å². The molecule has 1 heterocycles. The van der Waals surface area contributed by atoms with Crippen LogP contribution >= 0.6 is 0 Å². The number of carboxylic acid groups (broad SMARTS) is 1. The van der Waals surface area contributed by atoms with Gasteiger partial charge in [-0.15, -0.1) is 0 Å². The van der Waals surface area contributed by atoms with Crippen molar-refractivity contribution in [3.63, 3.8) is 0 Å². The molecule has 0 aliphatic rings. The summed E-state index contributed by atoms with van der Waals surface area (Å²) in [6.45, 7) is 1.91. The van der Waals surface area contributed by atoms with Crippen LogP contribution in [-0.2, 0) is 14.8 Å². The summed E-state index contributed by atoms with van der Waals surface area (Å²) >= 11 is 0. The van der Waals surface area contributed by atoms with Gasteiger partial charge < -0.3 is 5.11 Å². The number of nitrogens with one attached hydrogen (secondary N) is 1. The first kappa shape index (κ1) is 17.2. The normalized spacial score (nSPS) is 12.9. The minimum absolute atomic E-state index is 0.0656. The molecule has 2 rings (SSSR count). The highest BCUT2D eigenvalue weighted by Gasteiger charge is 2.26. The molecule has 8 heteroatoms. The number of hydrogen-bond donors (Lipinski definition) is 2. The maximum absolute atomic E-state index is 12.3.